The Kier molecular flexibility index (Phi) is 2.47. The van der Waals surface area contributed by atoms with Crippen molar-refractivity contribution in [3.05, 3.63) is 12.5 Å². The summed E-state index contributed by atoms with van der Waals surface area (Å²) in [6.45, 7) is 4.18. The molecule has 1 aliphatic rings. The molecule has 0 saturated carbocycles. The lowest BCUT2D eigenvalue weighted by Crippen LogP contribution is -2.36. The van der Waals surface area contributed by atoms with Crippen molar-refractivity contribution < 1.29 is 0 Å². The second-order valence-corrected chi connectivity index (χ2v) is 3.46. The van der Waals surface area contributed by atoms with E-state index in [-0.39, 0.29) is 0 Å². The maximum atomic E-state index is 3.93. The fraction of sp³-hybridized carbons (Fsp3) is 0.625. The van der Waals surface area contributed by atoms with Gasteiger partial charge in [0.1, 0.15) is 5.82 Å². The first-order valence-corrected chi connectivity index (χ1v) is 4.57. The lowest BCUT2D eigenvalue weighted by Gasteiger charge is -2.14. The topological polar surface area (TPSA) is 64.8 Å². The molecule has 0 aliphatic carbocycles. The van der Waals surface area contributed by atoms with Crippen LogP contribution in [0, 0.1) is 5.92 Å². The molecule has 1 aromatic heterocycles. The first-order chi connectivity index (χ1) is 6.36. The van der Waals surface area contributed by atoms with Crippen LogP contribution in [-0.4, -0.2) is 29.1 Å². The molecule has 1 fully saturated rings. The summed E-state index contributed by atoms with van der Waals surface area (Å²) in [5.74, 6) is 1.64. The molecule has 5 nitrogen and oxygen atoms in total. The summed E-state index contributed by atoms with van der Waals surface area (Å²) < 4.78 is 0. The monoisotopic (exact) mass is 181 g/mol. The van der Waals surface area contributed by atoms with E-state index < -0.39 is 0 Å². The third-order valence-corrected chi connectivity index (χ3v) is 2.41. The lowest BCUT2D eigenvalue weighted by atomic mass is 10.1. The number of anilines is 1. The molecule has 0 bridgehead atoms. The van der Waals surface area contributed by atoms with E-state index in [4.69, 9.17) is 0 Å². The first kappa shape index (κ1) is 8.52. The van der Waals surface area contributed by atoms with Crippen molar-refractivity contribution in [1.29, 1.82) is 0 Å². The van der Waals surface area contributed by atoms with Crippen LogP contribution < -0.4 is 16.2 Å². The largest absolute Gasteiger partial charge is 0.369 e. The highest BCUT2D eigenvalue weighted by molar-refractivity contribution is 5.30. The minimum Gasteiger partial charge on any atom is -0.369 e. The SMILES string of the molecule is CC1CNNC1CNc1cnc[nH]1. The Bertz CT molecular complexity index is 245. The van der Waals surface area contributed by atoms with Crippen LogP contribution in [0.1, 0.15) is 6.92 Å². The van der Waals surface area contributed by atoms with E-state index in [1.165, 1.54) is 0 Å². The molecule has 0 spiro atoms. The smallest absolute Gasteiger partial charge is 0.123 e. The van der Waals surface area contributed by atoms with E-state index in [0.29, 0.717) is 12.0 Å². The summed E-state index contributed by atoms with van der Waals surface area (Å²) in [6.07, 6.45) is 3.46. The number of H-pyrrole nitrogens is 1. The van der Waals surface area contributed by atoms with Crippen LogP contribution in [0.4, 0.5) is 5.82 Å². The molecule has 0 amide bonds. The third kappa shape index (κ3) is 1.99. The molecule has 1 aliphatic heterocycles. The predicted octanol–water partition coefficient (Wildman–Crippen LogP) is -0.0659. The summed E-state index contributed by atoms with van der Waals surface area (Å²) in [4.78, 5) is 6.94. The number of hydrogen-bond acceptors (Lipinski definition) is 4. The molecule has 2 atom stereocenters. The summed E-state index contributed by atoms with van der Waals surface area (Å²) in [5.41, 5.74) is 6.36. The maximum absolute atomic E-state index is 3.93. The van der Waals surface area contributed by atoms with Gasteiger partial charge in [-0.05, 0) is 5.92 Å². The molecule has 4 N–H and O–H groups in total. The molecule has 0 aromatic carbocycles. The van der Waals surface area contributed by atoms with E-state index in [0.717, 1.165) is 18.9 Å². The quantitative estimate of drug-likeness (QED) is 0.527. The Morgan fingerprint density at radius 1 is 1.69 bits per heavy atom. The number of nitrogens with one attached hydrogen (secondary N) is 4. The van der Waals surface area contributed by atoms with Crippen LogP contribution in [0.3, 0.4) is 0 Å². The molecule has 2 heterocycles. The van der Waals surface area contributed by atoms with E-state index >= 15 is 0 Å². The molecule has 72 valence electrons. The van der Waals surface area contributed by atoms with Crippen molar-refractivity contribution in [2.75, 3.05) is 18.4 Å². The second-order valence-electron chi connectivity index (χ2n) is 3.46. The van der Waals surface area contributed by atoms with Crippen LogP contribution in [0.2, 0.25) is 0 Å². The number of nitrogens with zero attached hydrogens (tertiary/aromatic N) is 1. The Morgan fingerprint density at radius 2 is 2.62 bits per heavy atom. The van der Waals surface area contributed by atoms with Gasteiger partial charge in [-0.2, -0.15) is 0 Å². The summed E-state index contributed by atoms with van der Waals surface area (Å²) in [6, 6.07) is 0.489. The molecule has 5 heteroatoms. The summed E-state index contributed by atoms with van der Waals surface area (Å²) >= 11 is 0. The van der Waals surface area contributed by atoms with Gasteiger partial charge in [-0.1, -0.05) is 6.92 Å². The zero-order valence-electron chi connectivity index (χ0n) is 7.67. The molecular formula is C8H15N5. The van der Waals surface area contributed by atoms with E-state index in [9.17, 15) is 0 Å². The molecule has 1 aromatic rings. The molecule has 0 radical (unpaired) electrons. The minimum absolute atomic E-state index is 0.489. The van der Waals surface area contributed by atoms with Gasteiger partial charge in [0, 0.05) is 19.1 Å². The number of aromatic nitrogens is 2. The predicted molar refractivity (Wildman–Crippen MR) is 51.2 cm³/mol. The van der Waals surface area contributed by atoms with Crippen molar-refractivity contribution in [1.82, 2.24) is 20.8 Å². The lowest BCUT2D eigenvalue weighted by molar-refractivity contribution is 0.505. The van der Waals surface area contributed by atoms with Gasteiger partial charge in [-0.25, -0.2) is 4.98 Å². The summed E-state index contributed by atoms with van der Waals surface area (Å²) in [5, 5.41) is 3.28. The number of imidazole rings is 1. The highest BCUT2D eigenvalue weighted by Crippen LogP contribution is 2.07. The fourth-order valence-electron chi connectivity index (χ4n) is 1.46. The van der Waals surface area contributed by atoms with Crippen LogP contribution in [0.15, 0.2) is 12.5 Å². The molecular weight excluding hydrogens is 166 g/mol. The Hall–Kier alpha value is -1.07. The van der Waals surface area contributed by atoms with Gasteiger partial charge in [0.05, 0.1) is 12.5 Å². The minimum atomic E-state index is 0.489. The zero-order chi connectivity index (χ0) is 9.10. The Balaban J connectivity index is 1.79. The summed E-state index contributed by atoms with van der Waals surface area (Å²) in [7, 11) is 0. The van der Waals surface area contributed by atoms with Crippen LogP contribution in [-0.2, 0) is 0 Å². The van der Waals surface area contributed by atoms with Crippen molar-refractivity contribution in [3.8, 4) is 0 Å². The van der Waals surface area contributed by atoms with Gasteiger partial charge in [-0.15, -0.1) is 0 Å². The van der Waals surface area contributed by atoms with Crippen molar-refractivity contribution in [2.45, 2.75) is 13.0 Å². The highest BCUT2D eigenvalue weighted by Gasteiger charge is 2.21. The average Bonchev–Trinajstić information content (AvgIpc) is 2.72. The molecule has 1 saturated heterocycles. The number of hydrazine groups is 1. The first-order valence-electron chi connectivity index (χ1n) is 4.57. The average molecular weight is 181 g/mol. The molecule has 13 heavy (non-hydrogen) atoms. The van der Waals surface area contributed by atoms with Gasteiger partial charge in [0.2, 0.25) is 0 Å². The number of hydrogen-bond donors (Lipinski definition) is 4. The Morgan fingerprint density at radius 3 is 3.23 bits per heavy atom. The highest BCUT2D eigenvalue weighted by atomic mass is 15.4. The van der Waals surface area contributed by atoms with Gasteiger partial charge in [-0.3, -0.25) is 10.9 Å². The van der Waals surface area contributed by atoms with Crippen molar-refractivity contribution >= 4 is 5.82 Å². The van der Waals surface area contributed by atoms with Crippen LogP contribution in [0.25, 0.3) is 0 Å². The third-order valence-electron chi connectivity index (χ3n) is 2.41. The van der Waals surface area contributed by atoms with Gasteiger partial charge >= 0.3 is 0 Å². The number of aromatic amines is 1. The van der Waals surface area contributed by atoms with Gasteiger partial charge in [0.25, 0.3) is 0 Å². The van der Waals surface area contributed by atoms with E-state index in [2.05, 4.69) is 33.1 Å². The normalized spacial score (nSPS) is 27.8. The second kappa shape index (κ2) is 3.76. The van der Waals surface area contributed by atoms with Crippen molar-refractivity contribution in [3.63, 3.8) is 0 Å². The standard InChI is InChI=1S/C8H15N5/c1-6-2-12-13-7(6)3-10-8-4-9-5-11-8/h4-7,10,12-13H,2-3H2,1H3,(H,9,11). The Labute approximate surface area is 77.3 Å². The van der Waals surface area contributed by atoms with Crippen LogP contribution >= 0.6 is 0 Å². The maximum Gasteiger partial charge on any atom is 0.123 e. The van der Waals surface area contributed by atoms with Gasteiger partial charge < -0.3 is 10.3 Å². The van der Waals surface area contributed by atoms with Gasteiger partial charge in [0.15, 0.2) is 0 Å². The van der Waals surface area contributed by atoms with E-state index in [1.807, 2.05) is 0 Å². The van der Waals surface area contributed by atoms with Crippen molar-refractivity contribution in [2.24, 2.45) is 5.92 Å². The number of rotatable bonds is 3. The zero-order valence-corrected chi connectivity index (χ0v) is 7.67. The van der Waals surface area contributed by atoms with E-state index in [1.54, 1.807) is 12.5 Å². The molecule has 2 unspecified atom stereocenters. The van der Waals surface area contributed by atoms with Crippen LogP contribution in [0.5, 0.6) is 0 Å². The fourth-order valence-corrected chi connectivity index (χ4v) is 1.46. The molecule has 2 rings (SSSR count).